The molecular weight excluding hydrogens is 474 g/mol. The smallest absolute Gasteiger partial charge is 0.326 e. The number of hydrogen-bond acceptors (Lipinski definition) is 8. The summed E-state index contributed by atoms with van der Waals surface area (Å²) < 4.78 is 0. The number of aliphatic hydroxyl groups is 1. The zero-order valence-electron chi connectivity index (χ0n) is 20.3. The first-order chi connectivity index (χ1) is 16.8. The van der Waals surface area contributed by atoms with Crippen LogP contribution in [0.2, 0.25) is 0 Å². The lowest BCUT2D eigenvalue weighted by Gasteiger charge is -2.25. The lowest BCUT2D eigenvalue weighted by Crippen LogP contribution is -2.58. The molecule has 0 saturated heterocycles. The quantitative estimate of drug-likeness (QED) is 0.132. The van der Waals surface area contributed by atoms with Crippen molar-refractivity contribution in [2.45, 2.75) is 63.7 Å². The third-order valence-corrected chi connectivity index (χ3v) is 5.18. The molecule has 0 spiro atoms. The summed E-state index contributed by atoms with van der Waals surface area (Å²) in [4.78, 5) is 61.1. The molecule has 10 N–H and O–H groups in total. The van der Waals surface area contributed by atoms with Gasteiger partial charge < -0.3 is 42.7 Å². The second kappa shape index (κ2) is 14.6. The number of aliphatic carboxylic acids is 1. The number of amides is 4. The zero-order chi connectivity index (χ0) is 27.4. The van der Waals surface area contributed by atoms with Crippen molar-refractivity contribution >= 4 is 29.6 Å². The molecule has 0 saturated carbocycles. The Morgan fingerprint density at radius 1 is 0.889 bits per heavy atom. The summed E-state index contributed by atoms with van der Waals surface area (Å²) in [5.74, 6) is -4.53. The fourth-order valence-corrected chi connectivity index (χ4v) is 3.23. The van der Waals surface area contributed by atoms with Crippen LogP contribution in [-0.4, -0.2) is 75.7 Å². The van der Waals surface area contributed by atoms with Crippen LogP contribution in [0.1, 0.15) is 38.7 Å². The van der Waals surface area contributed by atoms with E-state index in [0.717, 1.165) is 0 Å². The van der Waals surface area contributed by atoms with Gasteiger partial charge in [-0.25, -0.2) is 4.79 Å². The monoisotopic (exact) mass is 509 g/mol. The molecule has 0 radical (unpaired) electrons. The number of phenols is 1. The molecule has 36 heavy (non-hydrogen) atoms. The summed E-state index contributed by atoms with van der Waals surface area (Å²) in [5, 5.41) is 35.3. The first kappa shape index (κ1) is 30.3. The highest BCUT2D eigenvalue weighted by Crippen LogP contribution is 2.12. The highest BCUT2D eigenvalue weighted by atomic mass is 16.4. The predicted octanol–water partition coefficient (Wildman–Crippen LogP) is -1.90. The van der Waals surface area contributed by atoms with E-state index in [0.29, 0.717) is 5.56 Å². The van der Waals surface area contributed by atoms with Crippen molar-refractivity contribution < 1.29 is 39.3 Å². The average Bonchev–Trinajstić information content (AvgIpc) is 2.80. The predicted molar refractivity (Wildman–Crippen MR) is 128 cm³/mol. The van der Waals surface area contributed by atoms with Gasteiger partial charge in [0.2, 0.25) is 23.6 Å². The number of carboxylic acid groups (broad SMARTS) is 1. The molecule has 1 aromatic carbocycles. The van der Waals surface area contributed by atoms with Crippen molar-refractivity contribution in [1.82, 2.24) is 16.0 Å². The minimum absolute atomic E-state index is 0.0105. The van der Waals surface area contributed by atoms with E-state index in [1.807, 2.05) is 0 Å². The lowest BCUT2D eigenvalue weighted by molar-refractivity contribution is -0.143. The van der Waals surface area contributed by atoms with Gasteiger partial charge in [0.05, 0.1) is 6.61 Å². The van der Waals surface area contributed by atoms with Crippen LogP contribution in [0.3, 0.4) is 0 Å². The first-order valence-corrected chi connectivity index (χ1v) is 11.4. The van der Waals surface area contributed by atoms with E-state index in [1.165, 1.54) is 24.3 Å². The lowest BCUT2D eigenvalue weighted by atomic mass is 10.0. The molecule has 0 fully saturated rings. The molecule has 0 bridgehead atoms. The molecule has 0 aliphatic carbocycles. The van der Waals surface area contributed by atoms with Gasteiger partial charge in [0.25, 0.3) is 0 Å². The Bertz CT molecular complexity index is 922. The summed E-state index contributed by atoms with van der Waals surface area (Å²) in [6, 6.07) is 0.703. The number of benzene rings is 1. The first-order valence-electron chi connectivity index (χ1n) is 11.4. The van der Waals surface area contributed by atoms with Gasteiger partial charge in [-0.05, 0) is 36.5 Å². The van der Waals surface area contributed by atoms with Gasteiger partial charge in [0, 0.05) is 12.8 Å². The van der Waals surface area contributed by atoms with Crippen molar-refractivity contribution in [1.29, 1.82) is 0 Å². The SMILES string of the molecule is CC(C)CC(NC(=O)C(CCC(N)=O)NC(=O)C(Cc1ccc(O)cc1)NC(=O)C(N)CO)C(=O)O. The molecule has 0 aliphatic heterocycles. The van der Waals surface area contributed by atoms with Gasteiger partial charge in [-0.15, -0.1) is 0 Å². The topological polar surface area (TPSA) is 234 Å². The number of phenolic OH excluding ortho intramolecular Hbond substituents is 1. The van der Waals surface area contributed by atoms with Gasteiger partial charge in [-0.3, -0.25) is 19.2 Å². The van der Waals surface area contributed by atoms with Crippen LogP contribution in [0.15, 0.2) is 24.3 Å². The maximum absolute atomic E-state index is 13.1. The summed E-state index contributed by atoms with van der Waals surface area (Å²) in [6.07, 6.45) is -0.414. The van der Waals surface area contributed by atoms with E-state index in [-0.39, 0.29) is 37.4 Å². The van der Waals surface area contributed by atoms with Gasteiger partial charge in [0.1, 0.15) is 29.9 Å². The van der Waals surface area contributed by atoms with Gasteiger partial charge in [-0.2, -0.15) is 0 Å². The number of carbonyl (C=O) groups excluding carboxylic acids is 4. The van der Waals surface area contributed by atoms with Gasteiger partial charge in [0.15, 0.2) is 0 Å². The molecule has 13 nitrogen and oxygen atoms in total. The number of carboxylic acids is 1. The van der Waals surface area contributed by atoms with Crippen molar-refractivity contribution in [2.24, 2.45) is 17.4 Å². The molecule has 4 unspecified atom stereocenters. The van der Waals surface area contributed by atoms with Gasteiger partial charge >= 0.3 is 5.97 Å². The minimum Gasteiger partial charge on any atom is -0.508 e. The Morgan fingerprint density at radius 3 is 1.92 bits per heavy atom. The van der Waals surface area contributed by atoms with E-state index < -0.39 is 60.4 Å². The second-order valence-corrected chi connectivity index (χ2v) is 8.82. The van der Waals surface area contributed by atoms with Crippen LogP contribution in [0, 0.1) is 5.92 Å². The fraction of sp³-hybridized carbons (Fsp3) is 0.522. The van der Waals surface area contributed by atoms with Crippen LogP contribution < -0.4 is 27.4 Å². The Kier molecular flexibility index (Phi) is 12.3. The standard InChI is InChI=1S/C23H35N5O8/c1-12(2)9-18(23(35)36)28-21(33)16(7-8-19(25)31)26-22(34)17(27-20(32)15(24)11-29)10-13-3-5-14(30)6-4-13/h3-6,12,15-18,29-30H,7-11,24H2,1-2H3,(H2,25,31)(H,26,34)(H,27,32)(H,28,33)(H,35,36). The van der Waals surface area contributed by atoms with Crippen LogP contribution in [0.4, 0.5) is 0 Å². The normalized spacial score (nSPS) is 14.2. The molecule has 0 aromatic heterocycles. The van der Waals surface area contributed by atoms with Gasteiger partial charge in [-0.1, -0.05) is 26.0 Å². The van der Waals surface area contributed by atoms with Crippen molar-refractivity contribution in [3.8, 4) is 5.75 Å². The molecule has 13 heteroatoms. The highest BCUT2D eigenvalue weighted by Gasteiger charge is 2.31. The second-order valence-electron chi connectivity index (χ2n) is 8.82. The average molecular weight is 510 g/mol. The third-order valence-electron chi connectivity index (χ3n) is 5.18. The van der Waals surface area contributed by atoms with Crippen molar-refractivity contribution in [3.63, 3.8) is 0 Å². The molecular formula is C23H35N5O8. The summed E-state index contributed by atoms with van der Waals surface area (Å²) in [5.41, 5.74) is 11.3. The Labute approximate surface area is 208 Å². The number of nitrogens with two attached hydrogens (primary N) is 2. The summed E-state index contributed by atoms with van der Waals surface area (Å²) in [7, 11) is 0. The maximum atomic E-state index is 13.1. The highest BCUT2D eigenvalue weighted by molar-refractivity contribution is 5.94. The number of nitrogens with one attached hydrogen (secondary N) is 3. The molecule has 4 amide bonds. The van der Waals surface area contributed by atoms with E-state index >= 15 is 0 Å². The molecule has 0 heterocycles. The van der Waals surface area contributed by atoms with E-state index in [2.05, 4.69) is 16.0 Å². The van der Waals surface area contributed by atoms with E-state index in [1.54, 1.807) is 13.8 Å². The van der Waals surface area contributed by atoms with Crippen LogP contribution >= 0.6 is 0 Å². The number of aliphatic hydroxyl groups excluding tert-OH is 1. The molecule has 4 atom stereocenters. The van der Waals surface area contributed by atoms with Crippen LogP contribution in [0.25, 0.3) is 0 Å². The number of aromatic hydroxyl groups is 1. The summed E-state index contributed by atoms with van der Waals surface area (Å²) in [6.45, 7) is 2.89. The van der Waals surface area contributed by atoms with Crippen LogP contribution in [0.5, 0.6) is 5.75 Å². The minimum atomic E-state index is -1.33. The Balaban J connectivity index is 3.14. The van der Waals surface area contributed by atoms with E-state index in [4.69, 9.17) is 16.6 Å². The molecule has 1 aromatic rings. The maximum Gasteiger partial charge on any atom is 0.326 e. The summed E-state index contributed by atoms with van der Waals surface area (Å²) >= 11 is 0. The van der Waals surface area contributed by atoms with Crippen molar-refractivity contribution in [2.75, 3.05) is 6.61 Å². The largest absolute Gasteiger partial charge is 0.508 e. The van der Waals surface area contributed by atoms with Crippen LogP contribution in [-0.2, 0) is 30.4 Å². The Hall–Kier alpha value is -3.71. The number of hydrogen-bond donors (Lipinski definition) is 8. The molecule has 0 aliphatic rings. The number of carbonyl (C=O) groups is 5. The Morgan fingerprint density at radius 2 is 1.42 bits per heavy atom. The zero-order valence-corrected chi connectivity index (χ0v) is 20.3. The number of rotatable bonds is 15. The molecule has 1 rings (SSSR count). The number of primary amides is 1. The molecule has 200 valence electrons. The van der Waals surface area contributed by atoms with E-state index in [9.17, 15) is 34.2 Å². The third kappa shape index (κ3) is 10.7. The van der Waals surface area contributed by atoms with Crippen molar-refractivity contribution in [3.05, 3.63) is 29.8 Å². The fourth-order valence-electron chi connectivity index (χ4n) is 3.23.